The summed E-state index contributed by atoms with van der Waals surface area (Å²) < 4.78 is 7.94. The number of rotatable bonds is 4. The van der Waals surface area contributed by atoms with Gasteiger partial charge < -0.3 is 13.7 Å². The summed E-state index contributed by atoms with van der Waals surface area (Å²) in [6.45, 7) is 0. The Morgan fingerprint density at radius 2 is 0.431 bits per heavy atom. The van der Waals surface area contributed by atoms with Gasteiger partial charge in [0.05, 0.1) is 0 Å². The molecule has 24 heteroatoms. The van der Waals surface area contributed by atoms with Crippen molar-refractivity contribution in [1.29, 1.82) is 0 Å². The van der Waals surface area contributed by atoms with Crippen LogP contribution in [0.4, 0.5) is 0 Å². The van der Waals surface area contributed by atoms with E-state index in [1.54, 1.807) is 0 Å². The zero-order chi connectivity index (χ0) is 51.7. The molecule has 3 nitrogen and oxygen atoms in total. The predicted molar refractivity (Wildman–Crippen MR) is 387 cm³/mol. The maximum atomic E-state index is 2.75. The van der Waals surface area contributed by atoms with Gasteiger partial charge in [-0.05, 0) is 62.4 Å². The maximum Gasteiger partial charge on any atom is 0.144 e. The SMILES string of the molecule is Bc1c(B)c(B)c2c(c1B)c1c(B)c(-c3c(B)c(B)c4c(c3B)c3c(B)c(B)c(B)c(B)c3n4-c3c(B)c(B)c4c5c(B)c(B)c(B)c(B)c5n(-c5ccccc5)c4c3B)c(B)c(B)c1n2-c1ccccc1. The second-order valence-electron chi connectivity index (χ2n) is 22.2. The number of hydrogen-bond acceptors (Lipinski definition) is 0. The first-order valence-corrected chi connectivity index (χ1v) is 26.3. The van der Waals surface area contributed by atoms with Crippen LogP contribution in [0.2, 0.25) is 0 Å². The summed E-state index contributed by atoms with van der Waals surface area (Å²) in [6, 6.07) is 22.2. The molecule has 3 aromatic heterocycles. The first-order valence-electron chi connectivity index (χ1n) is 26.3. The molecule has 11 rings (SSSR count). The summed E-state index contributed by atoms with van der Waals surface area (Å²) >= 11 is 0. The molecule has 0 aliphatic carbocycles. The van der Waals surface area contributed by atoms with Gasteiger partial charge in [0.15, 0.2) is 0 Å². The van der Waals surface area contributed by atoms with Crippen LogP contribution < -0.4 is 115 Å². The van der Waals surface area contributed by atoms with Crippen molar-refractivity contribution in [2.45, 2.75) is 0 Å². The van der Waals surface area contributed by atoms with Crippen molar-refractivity contribution in [2.75, 3.05) is 0 Å². The second kappa shape index (κ2) is 16.8. The largest absolute Gasteiger partial charge is 0.312 e. The van der Waals surface area contributed by atoms with Crippen molar-refractivity contribution in [3.8, 4) is 28.2 Å². The van der Waals surface area contributed by atoms with E-state index in [0.29, 0.717) is 0 Å². The van der Waals surface area contributed by atoms with Crippen molar-refractivity contribution < 1.29 is 0 Å². The average molecular weight is 898 g/mol. The number of aromatic nitrogens is 3. The van der Waals surface area contributed by atoms with Crippen molar-refractivity contribution in [3.05, 3.63) is 60.7 Å². The van der Waals surface area contributed by atoms with E-state index in [2.05, 4.69) is 239 Å². The van der Waals surface area contributed by atoms with E-state index >= 15 is 0 Å². The highest BCUT2D eigenvalue weighted by atomic mass is 15.0. The van der Waals surface area contributed by atoms with Crippen LogP contribution in [0.1, 0.15) is 0 Å². The third-order valence-corrected chi connectivity index (χ3v) is 19.4. The Morgan fingerprint density at radius 3 is 0.750 bits per heavy atom. The fourth-order valence-corrected chi connectivity index (χ4v) is 14.1. The quantitative estimate of drug-likeness (QED) is 0.156. The monoisotopic (exact) mass is 902 g/mol. The molecule has 0 bridgehead atoms. The maximum absolute atomic E-state index is 2.75. The molecule has 72 heavy (non-hydrogen) atoms. The van der Waals surface area contributed by atoms with Crippen molar-refractivity contribution in [3.63, 3.8) is 0 Å². The summed E-state index contributed by atoms with van der Waals surface area (Å²) in [4.78, 5) is 0. The Hall–Kier alpha value is -5.48. The Bertz CT molecular complexity index is 4330. The van der Waals surface area contributed by atoms with Gasteiger partial charge in [0.1, 0.15) is 165 Å². The molecule has 0 fully saturated rings. The lowest BCUT2D eigenvalue weighted by atomic mass is 9.61. The summed E-state index contributed by atoms with van der Waals surface area (Å²) in [5.74, 6) is 0. The minimum atomic E-state index is 1.20. The van der Waals surface area contributed by atoms with E-state index in [1.165, 1.54) is 208 Å². The Morgan fingerprint density at radius 1 is 0.194 bits per heavy atom. The molecular weight excluding hydrogens is 846 g/mol. The minimum Gasteiger partial charge on any atom is -0.312 e. The number of para-hydroxylation sites is 2. The van der Waals surface area contributed by atoms with E-state index in [9.17, 15) is 0 Å². The molecular formula is C48H52B21N3. The van der Waals surface area contributed by atoms with Gasteiger partial charge in [0.25, 0.3) is 0 Å². The van der Waals surface area contributed by atoms with Gasteiger partial charge in [-0.3, -0.25) is 0 Å². The van der Waals surface area contributed by atoms with Gasteiger partial charge >= 0.3 is 0 Å². The molecule has 0 aliphatic heterocycles. The number of fused-ring (bicyclic) bond motifs is 9. The van der Waals surface area contributed by atoms with Gasteiger partial charge in [-0.2, -0.15) is 0 Å². The lowest BCUT2D eigenvalue weighted by Crippen LogP contribution is -2.48. The van der Waals surface area contributed by atoms with E-state index in [1.807, 2.05) is 0 Å². The summed E-state index contributed by atoms with van der Waals surface area (Å²) in [5, 5.41) is 8.30. The first kappa shape index (κ1) is 48.8. The van der Waals surface area contributed by atoms with Crippen LogP contribution in [0.3, 0.4) is 0 Å². The topological polar surface area (TPSA) is 14.8 Å². The molecule has 3 heterocycles. The second-order valence-corrected chi connectivity index (χ2v) is 22.2. The van der Waals surface area contributed by atoms with Crippen molar-refractivity contribution in [2.24, 2.45) is 0 Å². The highest BCUT2D eigenvalue weighted by Gasteiger charge is 2.31. The summed E-state index contributed by atoms with van der Waals surface area (Å²) in [6.07, 6.45) is 0. The zero-order valence-electron chi connectivity index (χ0n) is 47.1. The van der Waals surface area contributed by atoms with Gasteiger partial charge in [0, 0.05) is 60.9 Å². The molecule has 0 spiro atoms. The third-order valence-electron chi connectivity index (χ3n) is 19.4. The number of nitrogens with zero attached hydrogens (tertiary/aromatic N) is 3. The van der Waals surface area contributed by atoms with Gasteiger partial charge in [-0.25, -0.2) is 0 Å². The third kappa shape index (κ3) is 6.10. The summed E-state index contributed by atoms with van der Waals surface area (Å²) in [7, 11) is 49.8. The molecule has 0 N–H and O–H groups in total. The Balaban J connectivity index is 1.35. The molecule has 0 amide bonds. The smallest absolute Gasteiger partial charge is 0.144 e. The first-order chi connectivity index (χ1) is 34.1. The Labute approximate surface area is 444 Å². The molecule has 0 atom stereocenters. The molecule has 0 saturated carbocycles. The minimum absolute atomic E-state index is 1.20. The molecule has 0 aliphatic rings. The average Bonchev–Trinajstić information content (AvgIpc) is 4.05. The molecule has 8 aromatic carbocycles. The van der Waals surface area contributed by atoms with Crippen LogP contribution in [0.25, 0.3) is 93.6 Å². The lowest BCUT2D eigenvalue weighted by molar-refractivity contribution is 1.18. The van der Waals surface area contributed by atoms with Crippen LogP contribution in [-0.4, -0.2) is 178 Å². The molecule has 0 unspecified atom stereocenters. The van der Waals surface area contributed by atoms with E-state index in [0.717, 1.165) is 0 Å². The van der Waals surface area contributed by atoms with Gasteiger partial charge in [-0.1, -0.05) is 129 Å². The highest BCUT2D eigenvalue weighted by molar-refractivity contribution is 6.74. The number of hydrogen-bond donors (Lipinski definition) is 0. The van der Waals surface area contributed by atoms with Crippen LogP contribution in [0, 0.1) is 0 Å². The fraction of sp³-hybridized carbons (Fsp3) is 0. The van der Waals surface area contributed by atoms with E-state index in [-0.39, 0.29) is 0 Å². The molecule has 0 radical (unpaired) electrons. The van der Waals surface area contributed by atoms with E-state index in [4.69, 9.17) is 0 Å². The lowest BCUT2D eigenvalue weighted by Gasteiger charge is -2.25. The predicted octanol–water partition coefficient (Wildman–Crippen LogP) is -23.9. The van der Waals surface area contributed by atoms with Crippen LogP contribution in [-0.2, 0) is 0 Å². The van der Waals surface area contributed by atoms with Gasteiger partial charge in [0.2, 0.25) is 0 Å². The van der Waals surface area contributed by atoms with Crippen LogP contribution >= 0.6 is 0 Å². The van der Waals surface area contributed by atoms with Crippen molar-refractivity contribution >= 4 is 345 Å². The van der Waals surface area contributed by atoms with Crippen LogP contribution in [0.15, 0.2) is 60.7 Å². The summed E-state index contributed by atoms with van der Waals surface area (Å²) in [5.41, 5.74) is 43.1. The number of benzene rings is 8. The van der Waals surface area contributed by atoms with E-state index < -0.39 is 0 Å². The Kier molecular flexibility index (Phi) is 11.4. The molecule has 11 aromatic rings. The molecule has 322 valence electrons. The van der Waals surface area contributed by atoms with Crippen molar-refractivity contribution in [1.82, 2.24) is 13.7 Å². The fourth-order valence-electron chi connectivity index (χ4n) is 14.1. The normalized spacial score (nSPS) is 11.9. The molecule has 0 saturated heterocycles. The highest BCUT2D eigenvalue weighted by Crippen LogP contribution is 2.34. The standard InChI is InChI=1S/C48H52B21N3/c49-21-13(23(51)35(63)42-15(21)17-25(53)29(57)32(60)38(66)43(17)70(42)11-7-3-1-4-8-11)14-22(50)16-18-26(54)30(58)34(62)40(68)46(18)72(45(16)36(64)24(14)52)48-37(65)28(56)20-19-27(55)31(59)33(61)39(67)44(19)71(47(20)41(48)69)12-9-5-2-6-10-12/h1-10H,49-69H2. The van der Waals surface area contributed by atoms with Crippen LogP contribution in [0.5, 0.6) is 0 Å². The zero-order valence-corrected chi connectivity index (χ0v) is 47.1. The van der Waals surface area contributed by atoms with Gasteiger partial charge in [-0.15, -0.1) is 16.4 Å².